The van der Waals surface area contributed by atoms with Gasteiger partial charge < -0.3 is 5.32 Å². The van der Waals surface area contributed by atoms with E-state index in [1.165, 1.54) is 19.3 Å². The fraction of sp³-hybridized carbons (Fsp3) is 0.667. The molecule has 0 unspecified atom stereocenters. The highest BCUT2D eigenvalue weighted by atomic mass is 79.9. The first-order valence-corrected chi connectivity index (χ1v) is 6.87. The van der Waals surface area contributed by atoms with E-state index in [-0.39, 0.29) is 11.3 Å². The number of hydrogen-bond donors (Lipinski definition) is 2. The Morgan fingerprint density at radius 1 is 1.53 bits per heavy atom. The van der Waals surface area contributed by atoms with Crippen molar-refractivity contribution in [2.24, 2.45) is 5.41 Å². The molecule has 0 aromatic carbocycles. The van der Waals surface area contributed by atoms with Gasteiger partial charge in [-0.2, -0.15) is 5.10 Å². The summed E-state index contributed by atoms with van der Waals surface area (Å²) < 4.78 is 0.791. The fourth-order valence-corrected chi connectivity index (χ4v) is 2.80. The number of carbonyl (C=O) groups excluding carboxylic acids is 1. The van der Waals surface area contributed by atoms with Crippen molar-refractivity contribution in [2.75, 3.05) is 5.32 Å². The highest BCUT2D eigenvalue weighted by Gasteiger charge is 2.29. The number of rotatable bonds is 3. The number of hydrogen-bond acceptors (Lipinski definition) is 2. The zero-order valence-corrected chi connectivity index (χ0v) is 11.6. The van der Waals surface area contributed by atoms with Gasteiger partial charge in [0.15, 0.2) is 0 Å². The molecule has 1 saturated carbocycles. The second kappa shape index (κ2) is 5.21. The third-order valence-electron chi connectivity index (χ3n) is 3.51. The van der Waals surface area contributed by atoms with Crippen LogP contribution in [0.4, 0.5) is 5.82 Å². The molecule has 0 atom stereocenters. The van der Waals surface area contributed by atoms with Gasteiger partial charge in [0.05, 0.1) is 10.7 Å². The quantitative estimate of drug-likeness (QED) is 0.898. The number of anilines is 1. The molecular weight excluding hydrogens is 282 g/mol. The third-order valence-corrected chi connectivity index (χ3v) is 4.11. The third kappa shape index (κ3) is 3.31. The Hall–Kier alpha value is -0.840. The number of nitrogens with one attached hydrogen (secondary N) is 2. The van der Waals surface area contributed by atoms with Gasteiger partial charge in [-0.1, -0.05) is 26.2 Å². The lowest BCUT2D eigenvalue weighted by atomic mass is 9.73. The number of amides is 1. The first-order valence-electron chi connectivity index (χ1n) is 6.08. The molecule has 1 aliphatic rings. The molecule has 1 aromatic heterocycles. The Morgan fingerprint density at radius 3 is 2.82 bits per heavy atom. The smallest absolute Gasteiger partial charge is 0.226 e. The Bertz CT molecular complexity index is 396. The second-order valence-corrected chi connectivity index (χ2v) is 6.04. The lowest BCUT2D eigenvalue weighted by Gasteiger charge is -2.32. The Labute approximate surface area is 110 Å². The summed E-state index contributed by atoms with van der Waals surface area (Å²) in [7, 11) is 0. The summed E-state index contributed by atoms with van der Waals surface area (Å²) >= 11 is 3.32. The lowest BCUT2D eigenvalue weighted by molar-refractivity contribution is -0.118. The van der Waals surface area contributed by atoms with Crippen molar-refractivity contribution >= 4 is 27.7 Å². The molecule has 0 radical (unpaired) electrons. The van der Waals surface area contributed by atoms with Crippen LogP contribution in [0.15, 0.2) is 10.7 Å². The number of nitrogens with zero attached hydrogens (tertiary/aromatic N) is 1. The van der Waals surface area contributed by atoms with Gasteiger partial charge in [-0.15, -0.1) is 0 Å². The molecule has 0 aliphatic heterocycles. The van der Waals surface area contributed by atoms with Crippen LogP contribution in [-0.2, 0) is 4.79 Å². The van der Waals surface area contributed by atoms with Crippen molar-refractivity contribution in [3.8, 4) is 0 Å². The van der Waals surface area contributed by atoms with Crippen molar-refractivity contribution in [1.82, 2.24) is 10.2 Å². The Balaban J connectivity index is 1.91. The number of aromatic amines is 1. The summed E-state index contributed by atoms with van der Waals surface area (Å²) in [5, 5.41) is 9.47. The first-order chi connectivity index (χ1) is 8.09. The van der Waals surface area contributed by atoms with Gasteiger partial charge in [0.25, 0.3) is 0 Å². The average molecular weight is 300 g/mol. The molecule has 1 fully saturated rings. The molecule has 4 nitrogen and oxygen atoms in total. The average Bonchev–Trinajstić information content (AvgIpc) is 2.64. The van der Waals surface area contributed by atoms with E-state index in [1.807, 2.05) is 0 Å². The first kappa shape index (κ1) is 12.6. The van der Waals surface area contributed by atoms with Crippen LogP contribution in [0.1, 0.15) is 45.4 Å². The molecule has 1 aliphatic carbocycles. The van der Waals surface area contributed by atoms with Crippen LogP contribution in [0.3, 0.4) is 0 Å². The maximum atomic E-state index is 12.0. The van der Waals surface area contributed by atoms with E-state index in [4.69, 9.17) is 0 Å². The maximum Gasteiger partial charge on any atom is 0.226 e. The van der Waals surface area contributed by atoms with Gasteiger partial charge in [-0.05, 0) is 34.2 Å². The Morgan fingerprint density at radius 2 is 2.24 bits per heavy atom. The summed E-state index contributed by atoms with van der Waals surface area (Å²) in [6, 6.07) is 0. The van der Waals surface area contributed by atoms with E-state index >= 15 is 0 Å². The fourth-order valence-electron chi connectivity index (χ4n) is 2.51. The standard InChI is InChI=1S/C12H18BrN3O/c1-12(5-3-2-4-6-12)7-10(17)15-11-9(13)8-14-16-11/h8H,2-7H2,1H3,(H2,14,15,16,17). The van der Waals surface area contributed by atoms with E-state index in [9.17, 15) is 4.79 Å². The van der Waals surface area contributed by atoms with Gasteiger partial charge in [0.1, 0.15) is 5.82 Å². The number of aromatic nitrogens is 2. The normalized spacial score (nSPS) is 18.9. The number of halogens is 1. The van der Waals surface area contributed by atoms with Crippen molar-refractivity contribution < 1.29 is 4.79 Å². The molecule has 2 rings (SSSR count). The highest BCUT2D eigenvalue weighted by molar-refractivity contribution is 9.10. The molecule has 5 heteroatoms. The van der Waals surface area contributed by atoms with E-state index in [1.54, 1.807) is 6.20 Å². The summed E-state index contributed by atoms with van der Waals surface area (Å²) in [6.07, 6.45) is 8.35. The van der Waals surface area contributed by atoms with E-state index in [0.717, 1.165) is 17.3 Å². The topological polar surface area (TPSA) is 57.8 Å². The zero-order chi connectivity index (χ0) is 12.3. The molecular formula is C12H18BrN3O. The van der Waals surface area contributed by atoms with Crippen LogP contribution in [0, 0.1) is 5.41 Å². The van der Waals surface area contributed by atoms with E-state index in [2.05, 4.69) is 38.4 Å². The molecule has 0 bridgehead atoms. The van der Waals surface area contributed by atoms with E-state index < -0.39 is 0 Å². The molecule has 2 N–H and O–H groups in total. The van der Waals surface area contributed by atoms with Gasteiger partial charge in [0.2, 0.25) is 5.91 Å². The lowest BCUT2D eigenvalue weighted by Crippen LogP contribution is -2.27. The van der Waals surface area contributed by atoms with E-state index in [0.29, 0.717) is 12.2 Å². The molecule has 94 valence electrons. The van der Waals surface area contributed by atoms with Gasteiger partial charge in [-0.3, -0.25) is 9.89 Å². The molecule has 0 saturated heterocycles. The molecule has 17 heavy (non-hydrogen) atoms. The molecule has 1 amide bonds. The van der Waals surface area contributed by atoms with Crippen LogP contribution in [0.5, 0.6) is 0 Å². The van der Waals surface area contributed by atoms with Gasteiger partial charge >= 0.3 is 0 Å². The predicted molar refractivity (Wildman–Crippen MR) is 70.7 cm³/mol. The minimum absolute atomic E-state index is 0.0688. The van der Waals surface area contributed by atoms with Crippen LogP contribution in [-0.4, -0.2) is 16.1 Å². The largest absolute Gasteiger partial charge is 0.310 e. The van der Waals surface area contributed by atoms with Crippen LogP contribution in [0.25, 0.3) is 0 Å². The van der Waals surface area contributed by atoms with Gasteiger partial charge in [0, 0.05) is 6.42 Å². The van der Waals surface area contributed by atoms with Crippen molar-refractivity contribution in [3.63, 3.8) is 0 Å². The summed E-state index contributed by atoms with van der Waals surface area (Å²) in [5.74, 6) is 0.716. The van der Waals surface area contributed by atoms with Crippen LogP contribution < -0.4 is 5.32 Å². The van der Waals surface area contributed by atoms with Crippen LogP contribution in [0.2, 0.25) is 0 Å². The maximum absolute atomic E-state index is 12.0. The monoisotopic (exact) mass is 299 g/mol. The summed E-state index contributed by atoms with van der Waals surface area (Å²) in [5.41, 5.74) is 0.175. The summed E-state index contributed by atoms with van der Waals surface area (Å²) in [4.78, 5) is 12.0. The number of carbonyl (C=O) groups is 1. The summed E-state index contributed by atoms with van der Waals surface area (Å²) in [6.45, 7) is 2.22. The minimum Gasteiger partial charge on any atom is -0.310 e. The minimum atomic E-state index is 0.0688. The highest BCUT2D eigenvalue weighted by Crippen LogP contribution is 2.38. The molecule has 0 spiro atoms. The number of H-pyrrole nitrogens is 1. The SMILES string of the molecule is CC1(CC(=O)Nc2[nH]ncc2Br)CCCCC1. The van der Waals surface area contributed by atoms with Gasteiger partial charge in [-0.25, -0.2) is 0 Å². The zero-order valence-electron chi connectivity index (χ0n) is 10.1. The van der Waals surface area contributed by atoms with Crippen molar-refractivity contribution in [2.45, 2.75) is 45.4 Å². The van der Waals surface area contributed by atoms with Crippen LogP contribution >= 0.6 is 15.9 Å². The molecule has 1 aromatic rings. The van der Waals surface area contributed by atoms with Crippen molar-refractivity contribution in [1.29, 1.82) is 0 Å². The Kier molecular flexibility index (Phi) is 3.86. The van der Waals surface area contributed by atoms with Crippen molar-refractivity contribution in [3.05, 3.63) is 10.7 Å². The second-order valence-electron chi connectivity index (χ2n) is 5.19. The predicted octanol–water partition coefficient (Wildman–Crippen LogP) is 3.47. The molecule has 1 heterocycles.